The van der Waals surface area contributed by atoms with Crippen LogP contribution in [0.25, 0.3) is 0 Å². The lowest BCUT2D eigenvalue weighted by Crippen LogP contribution is -2.30. The first-order valence-corrected chi connectivity index (χ1v) is 8.74. The Morgan fingerprint density at radius 2 is 1.74 bits per heavy atom. The van der Waals surface area contributed by atoms with Gasteiger partial charge in [-0.3, -0.25) is 4.79 Å². The lowest BCUT2D eigenvalue weighted by molar-refractivity contribution is -0.118. The van der Waals surface area contributed by atoms with Gasteiger partial charge in [0.05, 0.1) is 4.90 Å². The van der Waals surface area contributed by atoms with E-state index in [0.717, 1.165) is 5.56 Å². The summed E-state index contributed by atoms with van der Waals surface area (Å²) in [5.41, 5.74) is 2.28. The third-order valence-corrected chi connectivity index (χ3v) is 5.16. The van der Waals surface area contributed by atoms with Gasteiger partial charge in [0.1, 0.15) is 11.6 Å². The molecule has 1 amide bonds. The number of halogens is 1. The molecule has 1 N–H and O–H groups in total. The maximum atomic E-state index is 12.8. The van der Waals surface area contributed by atoms with Crippen molar-refractivity contribution < 1.29 is 17.6 Å². The first kappa shape index (κ1) is 17.1. The van der Waals surface area contributed by atoms with E-state index in [4.69, 9.17) is 0 Å². The Morgan fingerprint density at radius 1 is 1.09 bits per heavy atom. The van der Waals surface area contributed by atoms with Crippen LogP contribution in [-0.2, 0) is 21.2 Å². The van der Waals surface area contributed by atoms with E-state index in [-0.39, 0.29) is 17.3 Å². The van der Waals surface area contributed by atoms with Gasteiger partial charge in [-0.05, 0) is 43.2 Å². The molecule has 23 heavy (non-hydrogen) atoms. The van der Waals surface area contributed by atoms with Gasteiger partial charge in [-0.2, -0.15) is 0 Å². The number of benzene rings is 2. The molecule has 4 nitrogen and oxygen atoms in total. The van der Waals surface area contributed by atoms with E-state index in [0.29, 0.717) is 11.1 Å². The van der Waals surface area contributed by atoms with Gasteiger partial charge in [-0.25, -0.2) is 12.8 Å². The van der Waals surface area contributed by atoms with Gasteiger partial charge in [0.15, 0.2) is 9.84 Å². The van der Waals surface area contributed by atoms with Crippen LogP contribution in [0.1, 0.15) is 16.7 Å². The largest absolute Gasteiger partial charge is 0.351 e. The minimum atomic E-state index is -3.69. The summed E-state index contributed by atoms with van der Waals surface area (Å²) in [7, 11) is -3.69. The molecular weight excluding hydrogens is 317 g/mol. The Balaban J connectivity index is 2.02. The van der Waals surface area contributed by atoms with Gasteiger partial charge >= 0.3 is 0 Å². The molecule has 122 valence electrons. The van der Waals surface area contributed by atoms with Crippen LogP contribution in [0, 0.1) is 19.7 Å². The summed E-state index contributed by atoms with van der Waals surface area (Å²) in [6.07, 6.45) is 0. The van der Waals surface area contributed by atoms with Gasteiger partial charge in [-0.15, -0.1) is 0 Å². The van der Waals surface area contributed by atoms with E-state index in [1.54, 1.807) is 19.1 Å². The van der Waals surface area contributed by atoms with E-state index < -0.39 is 21.5 Å². The second-order valence-electron chi connectivity index (χ2n) is 5.43. The van der Waals surface area contributed by atoms with Crippen molar-refractivity contribution in [2.24, 2.45) is 0 Å². The number of amides is 1. The number of hydrogen-bond donors (Lipinski definition) is 1. The summed E-state index contributed by atoms with van der Waals surface area (Å²) >= 11 is 0. The molecule has 2 rings (SSSR count). The lowest BCUT2D eigenvalue weighted by atomic mass is 10.2. The highest BCUT2D eigenvalue weighted by molar-refractivity contribution is 7.92. The molecule has 0 saturated carbocycles. The minimum absolute atomic E-state index is 0.154. The van der Waals surface area contributed by atoms with E-state index in [2.05, 4.69) is 5.32 Å². The molecule has 0 aliphatic heterocycles. The van der Waals surface area contributed by atoms with Crippen LogP contribution in [-0.4, -0.2) is 20.1 Å². The number of sulfone groups is 1. The summed E-state index contributed by atoms with van der Waals surface area (Å²) < 4.78 is 37.4. The Kier molecular flexibility index (Phi) is 5.15. The van der Waals surface area contributed by atoms with E-state index in [1.807, 2.05) is 6.92 Å². The smallest absolute Gasteiger partial charge is 0.235 e. The summed E-state index contributed by atoms with van der Waals surface area (Å²) in [6, 6.07) is 10.6. The summed E-state index contributed by atoms with van der Waals surface area (Å²) in [5.74, 6) is -1.57. The topological polar surface area (TPSA) is 63.2 Å². The average Bonchev–Trinajstić information content (AvgIpc) is 2.45. The van der Waals surface area contributed by atoms with Crippen molar-refractivity contribution >= 4 is 15.7 Å². The molecule has 6 heteroatoms. The molecule has 0 unspecified atom stereocenters. The lowest BCUT2D eigenvalue weighted by Gasteiger charge is -2.09. The molecule has 0 aliphatic rings. The quantitative estimate of drug-likeness (QED) is 0.913. The fraction of sp³-hybridized carbons (Fsp3) is 0.235. The van der Waals surface area contributed by atoms with Crippen molar-refractivity contribution in [1.82, 2.24) is 5.32 Å². The first-order chi connectivity index (χ1) is 10.8. The van der Waals surface area contributed by atoms with Crippen molar-refractivity contribution in [3.8, 4) is 0 Å². The van der Waals surface area contributed by atoms with Crippen LogP contribution >= 0.6 is 0 Å². The van der Waals surface area contributed by atoms with Crippen LogP contribution in [0.5, 0.6) is 0 Å². The highest BCUT2D eigenvalue weighted by atomic mass is 32.2. The van der Waals surface area contributed by atoms with Crippen LogP contribution < -0.4 is 5.32 Å². The Bertz CT molecular complexity index is 814. The molecule has 0 heterocycles. The predicted octanol–water partition coefficient (Wildman–Crippen LogP) is 2.53. The molecule has 0 atom stereocenters. The second kappa shape index (κ2) is 6.91. The van der Waals surface area contributed by atoms with Gasteiger partial charge in [0, 0.05) is 6.54 Å². The molecule has 0 saturated heterocycles. The van der Waals surface area contributed by atoms with Crippen LogP contribution in [0.2, 0.25) is 0 Å². The molecule has 0 radical (unpaired) electrons. The predicted molar refractivity (Wildman–Crippen MR) is 86.2 cm³/mol. The molecule has 0 aromatic heterocycles. The Morgan fingerprint density at radius 3 is 2.35 bits per heavy atom. The van der Waals surface area contributed by atoms with E-state index in [9.17, 15) is 17.6 Å². The maximum Gasteiger partial charge on any atom is 0.235 e. The van der Waals surface area contributed by atoms with Gasteiger partial charge in [-0.1, -0.05) is 29.8 Å². The molecule has 0 aliphatic carbocycles. The van der Waals surface area contributed by atoms with Crippen LogP contribution in [0.15, 0.2) is 47.4 Å². The zero-order chi connectivity index (χ0) is 17.0. The van der Waals surface area contributed by atoms with Crippen molar-refractivity contribution in [2.75, 3.05) is 5.75 Å². The van der Waals surface area contributed by atoms with Gasteiger partial charge in [0.25, 0.3) is 0 Å². The SMILES string of the molecule is Cc1ccc(S(=O)(=O)CC(=O)NCc2ccc(F)cc2)c(C)c1. The number of rotatable bonds is 5. The maximum absolute atomic E-state index is 12.8. The third-order valence-electron chi connectivity index (χ3n) is 3.39. The van der Waals surface area contributed by atoms with Crippen molar-refractivity contribution in [3.05, 3.63) is 65.0 Å². The molecule has 0 bridgehead atoms. The number of hydrogen-bond acceptors (Lipinski definition) is 3. The molecule has 2 aromatic carbocycles. The second-order valence-corrected chi connectivity index (χ2v) is 7.39. The Hall–Kier alpha value is -2.21. The summed E-state index contributed by atoms with van der Waals surface area (Å²) in [6.45, 7) is 3.73. The van der Waals surface area contributed by atoms with Crippen molar-refractivity contribution in [1.29, 1.82) is 0 Å². The third kappa shape index (κ3) is 4.63. The number of carbonyl (C=O) groups is 1. The average molecular weight is 335 g/mol. The summed E-state index contributed by atoms with van der Waals surface area (Å²) in [5, 5.41) is 2.53. The normalized spacial score (nSPS) is 11.3. The highest BCUT2D eigenvalue weighted by Gasteiger charge is 2.21. The monoisotopic (exact) mass is 335 g/mol. The summed E-state index contributed by atoms with van der Waals surface area (Å²) in [4.78, 5) is 12.1. The number of aryl methyl sites for hydroxylation is 2. The first-order valence-electron chi connectivity index (χ1n) is 7.09. The molecule has 2 aromatic rings. The van der Waals surface area contributed by atoms with Crippen molar-refractivity contribution in [3.63, 3.8) is 0 Å². The minimum Gasteiger partial charge on any atom is -0.351 e. The van der Waals surface area contributed by atoms with E-state index in [1.165, 1.54) is 30.3 Å². The Labute approximate surface area is 135 Å². The fourth-order valence-corrected chi connectivity index (χ4v) is 3.68. The highest BCUT2D eigenvalue weighted by Crippen LogP contribution is 2.17. The molecular formula is C17H18FNO3S. The van der Waals surface area contributed by atoms with Crippen molar-refractivity contribution in [2.45, 2.75) is 25.3 Å². The van der Waals surface area contributed by atoms with Crippen LogP contribution in [0.4, 0.5) is 4.39 Å². The molecule has 0 fully saturated rings. The molecule has 0 spiro atoms. The number of nitrogens with one attached hydrogen (secondary N) is 1. The fourth-order valence-electron chi connectivity index (χ4n) is 2.25. The zero-order valence-electron chi connectivity index (χ0n) is 13.0. The van der Waals surface area contributed by atoms with Gasteiger partial charge in [0.2, 0.25) is 5.91 Å². The zero-order valence-corrected chi connectivity index (χ0v) is 13.8. The number of carbonyl (C=O) groups excluding carboxylic acids is 1. The standard InChI is InChI=1S/C17H18FNO3S/c1-12-3-8-16(13(2)9-12)23(21,22)11-17(20)19-10-14-4-6-15(18)7-5-14/h3-9H,10-11H2,1-2H3,(H,19,20). The van der Waals surface area contributed by atoms with E-state index >= 15 is 0 Å². The van der Waals surface area contributed by atoms with Gasteiger partial charge < -0.3 is 5.32 Å². The van der Waals surface area contributed by atoms with Crippen LogP contribution in [0.3, 0.4) is 0 Å².